The Hall–Kier alpha value is -1.29. The lowest BCUT2D eigenvalue weighted by Crippen LogP contribution is -2.31. The molecule has 0 bridgehead atoms. The summed E-state index contributed by atoms with van der Waals surface area (Å²) < 4.78 is 5.37. The molecule has 1 aromatic carbocycles. The predicted octanol–water partition coefficient (Wildman–Crippen LogP) is 4.43. The molecule has 1 saturated carbocycles. The zero-order valence-corrected chi connectivity index (χ0v) is 12.9. The number of ketones is 1. The van der Waals surface area contributed by atoms with Crippen molar-refractivity contribution in [2.75, 3.05) is 6.54 Å². The van der Waals surface area contributed by atoms with Gasteiger partial charge in [-0.3, -0.25) is 9.69 Å². The molecule has 21 heavy (non-hydrogen) atoms. The fourth-order valence-corrected chi connectivity index (χ4v) is 2.60. The molecule has 3 rings (SSSR count). The van der Waals surface area contributed by atoms with E-state index >= 15 is 0 Å². The van der Waals surface area contributed by atoms with E-state index < -0.39 is 0 Å². The van der Waals surface area contributed by atoms with E-state index in [2.05, 4.69) is 4.90 Å². The molecule has 0 unspecified atom stereocenters. The Bertz CT molecular complexity index is 636. The third-order valence-corrected chi connectivity index (χ3v) is 4.33. The van der Waals surface area contributed by atoms with Crippen molar-refractivity contribution in [3.05, 3.63) is 58.0 Å². The van der Waals surface area contributed by atoms with Crippen molar-refractivity contribution in [3.8, 4) is 0 Å². The molecular formula is C16H15Cl2NO2. The molecule has 0 aliphatic heterocycles. The number of hydrogen-bond donors (Lipinski definition) is 0. The van der Waals surface area contributed by atoms with Crippen LogP contribution in [0.1, 0.15) is 29.0 Å². The van der Waals surface area contributed by atoms with Crippen LogP contribution in [0, 0.1) is 0 Å². The van der Waals surface area contributed by atoms with Crippen LogP contribution in [-0.2, 0) is 6.54 Å². The van der Waals surface area contributed by atoms with E-state index in [0.717, 1.165) is 18.6 Å². The lowest BCUT2D eigenvalue weighted by Gasteiger charge is -2.19. The maximum atomic E-state index is 12.4. The molecule has 1 fully saturated rings. The van der Waals surface area contributed by atoms with Crippen LogP contribution in [0.2, 0.25) is 10.0 Å². The van der Waals surface area contributed by atoms with Gasteiger partial charge in [0.25, 0.3) is 0 Å². The molecule has 0 saturated heterocycles. The summed E-state index contributed by atoms with van der Waals surface area (Å²) in [5, 5.41) is 0.870. The zero-order valence-electron chi connectivity index (χ0n) is 11.4. The number of nitrogens with zero attached hydrogens (tertiary/aromatic N) is 1. The van der Waals surface area contributed by atoms with Crippen molar-refractivity contribution in [3.63, 3.8) is 0 Å². The van der Waals surface area contributed by atoms with Gasteiger partial charge >= 0.3 is 0 Å². The number of carbonyl (C=O) groups is 1. The standard InChI is InChI=1S/C16H15Cl2NO2/c17-14-6-3-11(8-15(14)18)16(20)10-19(12-4-5-12)9-13-2-1-7-21-13/h1-3,6-8,12H,4-5,9-10H2. The van der Waals surface area contributed by atoms with E-state index in [1.165, 1.54) is 0 Å². The third kappa shape index (κ3) is 3.67. The molecule has 1 aromatic heterocycles. The number of carbonyl (C=O) groups excluding carboxylic acids is 1. The van der Waals surface area contributed by atoms with Crippen LogP contribution in [0.4, 0.5) is 0 Å². The van der Waals surface area contributed by atoms with Crippen LogP contribution in [0.25, 0.3) is 0 Å². The van der Waals surface area contributed by atoms with Gasteiger partial charge in [-0.25, -0.2) is 0 Å². The highest BCUT2D eigenvalue weighted by Gasteiger charge is 2.31. The SMILES string of the molecule is O=C(CN(Cc1ccco1)C1CC1)c1ccc(Cl)c(Cl)c1. The van der Waals surface area contributed by atoms with Crippen LogP contribution in [0.3, 0.4) is 0 Å². The van der Waals surface area contributed by atoms with Crippen LogP contribution >= 0.6 is 23.2 Å². The molecule has 3 nitrogen and oxygen atoms in total. The van der Waals surface area contributed by atoms with E-state index in [9.17, 15) is 4.79 Å². The van der Waals surface area contributed by atoms with E-state index in [0.29, 0.717) is 34.7 Å². The molecule has 0 spiro atoms. The van der Waals surface area contributed by atoms with Gasteiger partial charge < -0.3 is 4.42 Å². The minimum absolute atomic E-state index is 0.0482. The Morgan fingerprint density at radius 1 is 1.24 bits per heavy atom. The molecular weight excluding hydrogens is 309 g/mol. The van der Waals surface area contributed by atoms with Crippen molar-refractivity contribution in [2.45, 2.75) is 25.4 Å². The summed E-state index contributed by atoms with van der Waals surface area (Å²) >= 11 is 11.9. The molecule has 1 aliphatic carbocycles. The first kappa shape index (κ1) is 14.6. The smallest absolute Gasteiger partial charge is 0.176 e. The zero-order chi connectivity index (χ0) is 14.8. The summed E-state index contributed by atoms with van der Waals surface area (Å²) in [5.74, 6) is 0.927. The highest BCUT2D eigenvalue weighted by Crippen LogP contribution is 2.29. The van der Waals surface area contributed by atoms with Gasteiger partial charge in [-0.05, 0) is 43.2 Å². The maximum Gasteiger partial charge on any atom is 0.176 e. The second-order valence-corrected chi connectivity index (χ2v) is 6.08. The predicted molar refractivity (Wildman–Crippen MR) is 82.9 cm³/mol. The normalized spacial score (nSPS) is 14.6. The molecule has 0 N–H and O–H groups in total. The van der Waals surface area contributed by atoms with Crippen LogP contribution in [0.15, 0.2) is 41.0 Å². The number of benzene rings is 1. The summed E-state index contributed by atoms with van der Waals surface area (Å²) in [6.07, 6.45) is 3.92. The number of furan rings is 1. The summed E-state index contributed by atoms with van der Waals surface area (Å²) in [4.78, 5) is 14.6. The molecule has 0 atom stereocenters. The number of Topliss-reactive ketones (excluding diaryl/α,β-unsaturated/α-hetero) is 1. The van der Waals surface area contributed by atoms with Crippen molar-refractivity contribution >= 4 is 29.0 Å². The Morgan fingerprint density at radius 3 is 2.67 bits per heavy atom. The van der Waals surface area contributed by atoms with Gasteiger partial charge in [0.2, 0.25) is 0 Å². The fraction of sp³-hybridized carbons (Fsp3) is 0.312. The third-order valence-electron chi connectivity index (χ3n) is 3.59. The van der Waals surface area contributed by atoms with Crippen LogP contribution in [0.5, 0.6) is 0 Å². The Kier molecular flexibility index (Phi) is 4.34. The summed E-state index contributed by atoms with van der Waals surface area (Å²) in [7, 11) is 0. The van der Waals surface area contributed by atoms with Gasteiger partial charge in [0.1, 0.15) is 5.76 Å². The first-order chi connectivity index (χ1) is 10.1. The van der Waals surface area contributed by atoms with Gasteiger partial charge in [-0.2, -0.15) is 0 Å². The molecule has 0 radical (unpaired) electrons. The van der Waals surface area contributed by atoms with Crippen molar-refractivity contribution in [2.24, 2.45) is 0 Å². The van der Waals surface area contributed by atoms with Gasteiger partial charge in [-0.1, -0.05) is 23.2 Å². The Balaban J connectivity index is 1.70. The summed E-state index contributed by atoms with van der Waals surface area (Å²) in [5.41, 5.74) is 0.592. The first-order valence-corrected chi connectivity index (χ1v) is 7.64. The fourth-order valence-electron chi connectivity index (χ4n) is 2.30. The minimum Gasteiger partial charge on any atom is -0.468 e. The van der Waals surface area contributed by atoms with Gasteiger partial charge in [0, 0.05) is 11.6 Å². The van der Waals surface area contributed by atoms with E-state index in [1.807, 2.05) is 12.1 Å². The average molecular weight is 324 g/mol. The molecule has 1 aliphatic rings. The monoisotopic (exact) mass is 323 g/mol. The molecule has 5 heteroatoms. The highest BCUT2D eigenvalue weighted by molar-refractivity contribution is 6.42. The second kappa shape index (κ2) is 6.22. The Labute approximate surface area is 133 Å². The lowest BCUT2D eigenvalue weighted by molar-refractivity contribution is 0.0913. The summed E-state index contributed by atoms with van der Waals surface area (Å²) in [6.45, 7) is 1.02. The largest absolute Gasteiger partial charge is 0.468 e. The van der Waals surface area contributed by atoms with Crippen LogP contribution in [-0.4, -0.2) is 23.3 Å². The van der Waals surface area contributed by atoms with E-state index in [4.69, 9.17) is 27.6 Å². The highest BCUT2D eigenvalue weighted by atomic mass is 35.5. The summed E-state index contributed by atoms with van der Waals surface area (Å²) in [6, 6.07) is 9.27. The van der Waals surface area contributed by atoms with Crippen molar-refractivity contribution < 1.29 is 9.21 Å². The van der Waals surface area contributed by atoms with Gasteiger partial charge in [-0.15, -0.1) is 0 Å². The molecule has 0 amide bonds. The first-order valence-electron chi connectivity index (χ1n) is 6.88. The Morgan fingerprint density at radius 2 is 2.05 bits per heavy atom. The average Bonchev–Trinajstić information content (AvgIpc) is 3.19. The molecule has 2 aromatic rings. The maximum absolute atomic E-state index is 12.4. The lowest BCUT2D eigenvalue weighted by atomic mass is 10.1. The number of rotatable bonds is 6. The van der Waals surface area contributed by atoms with Gasteiger partial charge in [0.05, 0.1) is 29.4 Å². The van der Waals surface area contributed by atoms with E-state index in [-0.39, 0.29) is 5.78 Å². The molecule has 110 valence electrons. The second-order valence-electron chi connectivity index (χ2n) is 5.27. The topological polar surface area (TPSA) is 33.5 Å². The van der Waals surface area contributed by atoms with Crippen molar-refractivity contribution in [1.82, 2.24) is 4.90 Å². The van der Waals surface area contributed by atoms with Crippen molar-refractivity contribution in [1.29, 1.82) is 0 Å². The number of hydrogen-bond acceptors (Lipinski definition) is 3. The van der Waals surface area contributed by atoms with Gasteiger partial charge in [0.15, 0.2) is 5.78 Å². The number of halogens is 2. The minimum atomic E-state index is 0.0482. The van der Waals surface area contributed by atoms with E-state index in [1.54, 1.807) is 24.5 Å². The molecule has 1 heterocycles. The quantitative estimate of drug-likeness (QED) is 0.737. The van der Waals surface area contributed by atoms with Crippen LogP contribution < -0.4 is 0 Å².